The minimum absolute atomic E-state index is 0.0123. The van der Waals surface area contributed by atoms with Gasteiger partial charge in [0.15, 0.2) is 15.6 Å². The van der Waals surface area contributed by atoms with Crippen molar-refractivity contribution in [2.75, 3.05) is 19.8 Å². The van der Waals surface area contributed by atoms with E-state index in [2.05, 4.69) is 4.98 Å². The minimum Gasteiger partial charge on any atom is -0.395 e. The SMILES string of the molecule is CC(C)(CO)c1csc(CC(=O)C(C)(C)S(=O)(=O)C2CCOCC2)n1. The highest BCUT2D eigenvalue weighted by Gasteiger charge is 2.46. The molecule has 8 heteroatoms. The zero-order valence-corrected chi connectivity index (χ0v) is 16.9. The molecule has 0 unspecified atom stereocenters. The number of aliphatic hydroxyl groups is 1. The predicted octanol–water partition coefficient (Wildman–Crippen LogP) is 1.90. The number of aliphatic hydroxyl groups excluding tert-OH is 1. The average molecular weight is 390 g/mol. The Hall–Kier alpha value is -0.830. The quantitative estimate of drug-likeness (QED) is 0.765. The van der Waals surface area contributed by atoms with Gasteiger partial charge in [-0.05, 0) is 26.7 Å². The van der Waals surface area contributed by atoms with Crippen molar-refractivity contribution in [1.82, 2.24) is 4.98 Å². The van der Waals surface area contributed by atoms with Crippen LogP contribution in [-0.4, -0.2) is 54.1 Å². The number of sulfone groups is 1. The van der Waals surface area contributed by atoms with Crippen LogP contribution in [0, 0.1) is 0 Å². The third-order valence-electron chi connectivity index (χ3n) is 4.94. The van der Waals surface area contributed by atoms with Crippen LogP contribution in [0.15, 0.2) is 5.38 Å². The molecule has 6 nitrogen and oxygen atoms in total. The van der Waals surface area contributed by atoms with Gasteiger partial charge in [-0.25, -0.2) is 13.4 Å². The monoisotopic (exact) mass is 389 g/mol. The van der Waals surface area contributed by atoms with Crippen LogP contribution < -0.4 is 0 Å². The van der Waals surface area contributed by atoms with Gasteiger partial charge in [-0.3, -0.25) is 4.79 Å². The minimum atomic E-state index is -3.60. The topological polar surface area (TPSA) is 93.6 Å². The number of Topliss-reactive ketones (excluding diaryl/α,β-unsaturated/α-hetero) is 1. The van der Waals surface area contributed by atoms with Crippen molar-refractivity contribution in [3.63, 3.8) is 0 Å². The van der Waals surface area contributed by atoms with Gasteiger partial charge in [0.25, 0.3) is 0 Å². The van der Waals surface area contributed by atoms with E-state index in [1.54, 1.807) is 0 Å². The smallest absolute Gasteiger partial charge is 0.165 e. The molecule has 0 saturated carbocycles. The van der Waals surface area contributed by atoms with E-state index in [9.17, 15) is 18.3 Å². The van der Waals surface area contributed by atoms with Gasteiger partial charge in [0, 0.05) is 24.0 Å². The zero-order chi connectivity index (χ0) is 18.9. The molecule has 1 aromatic heterocycles. The first-order valence-electron chi connectivity index (χ1n) is 8.42. The number of ether oxygens (including phenoxy) is 1. The van der Waals surface area contributed by atoms with Crippen LogP contribution >= 0.6 is 11.3 Å². The van der Waals surface area contributed by atoms with E-state index < -0.39 is 25.2 Å². The fourth-order valence-electron chi connectivity index (χ4n) is 2.70. The highest BCUT2D eigenvalue weighted by molar-refractivity contribution is 7.94. The molecular weight excluding hydrogens is 362 g/mol. The molecule has 2 heterocycles. The Bertz CT molecular complexity index is 715. The standard InChI is InChI=1S/C17H27NO5S2/c1-16(2,11-19)13-10-24-15(18-13)9-14(20)17(3,4)25(21,22)12-5-7-23-8-6-12/h10,12,19H,5-9,11H2,1-4H3. The van der Waals surface area contributed by atoms with Crippen molar-refractivity contribution in [3.05, 3.63) is 16.1 Å². The Kier molecular flexibility index (Phi) is 6.08. The molecule has 142 valence electrons. The number of hydrogen-bond donors (Lipinski definition) is 1. The van der Waals surface area contributed by atoms with Crippen LogP contribution in [0.25, 0.3) is 0 Å². The number of ketones is 1. The van der Waals surface area contributed by atoms with Crippen LogP contribution in [0.3, 0.4) is 0 Å². The number of hydrogen-bond acceptors (Lipinski definition) is 7. The van der Waals surface area contributed by atoms with E-state index in [0.717, 1.165) is 0 Å². The summed E-state index contributed by atoms with van der Waals surface area (Å²) >= 11 is 1.32. The molecule has 0 spiro atoms. The molecule has 0 amide bonds. The second-order valence-electron chi connectivity index (χ2n) is 7.64. The summed E-state index contributed by atoms with van der Waals surface area (Å²) < 4.78 is 29.6. The molecule has 0 atom stereocenters. The molecule has 0 aromatic carbocycles. The number of thiazole rings is 1. The van der Waals surface area contributed by atoms with Gasteiger partial charge < -0.3 is 9.84 Å². The van der Waals surface area contributed by atoms with E-state index in [1.165, 1.54) is 25.2 Å². The lowest BCUT2D eigenvalue weighted by Crippen LogP contribution is -2.48. The highest BCUT2D eigenvalue weighted by atomic mass is 32.2. The molecule has 1 aliphatic heterocycles. The third kappa shape index (κ3) is 4.13. The molecule has 1 aliphatic rings. The number of carbonyl (C=O) groups is 1. The number of rotatable bonds is 7. The Balaban J connectivity index is 2.16. The van der Waals surface area contributed by atoms with E-state index in [-0.39, 0.29) is 18.8 Å². The maximum Gasteiger partial charge on any atom is 0.165 e. The average Bonchev–Trinajstić information content (AvgIpc) is 3.04. The van der Waals surface area contributed by atoms with Crippen LogP contribution in [-0.2, 0) is 31.2 Å². The van der Waals surface area contributed by atoms with Crippen molar-refractivity contribution in [2.24, 2.45) is 0 Å². The summed E-state index contributed by atoms with van der Waals surface area (Å²) in [4.78, 5) is 17.2. The molecule has 1 N–H and O–H groups in total. The molecule has 1 aromatic rings. The van der Waals surface area contributed by atoms with Gasteiger partial charge in [0.2, 0.25) is 0 Å². The molecule has 25 heavy (non-hydrogen) atoms. The summed E-state index contributed by atoms with van der Waals surface area (Å²) in [6, 6.07) is 0. The maximum atomic E-state index is 12.9. The first kappa shape index (κ1) is 20.5. The number of nitrogens with zero attached hydrogens (tertiary/aromatic N) is 1. The van der Waals surface area contributed by atoms with Crippen LogP contribution in [0.5, 0.6) is 0 Å². The Morgan fingerprint density at radius 2 is 1.92 bits per heavy atom. The predicted molar refractivity (Wildman–Crippen MR) is 97.8 cm³/mol. The van der Waals surface area contributed by atoms with Crippen molar-refractivity contribution in [1.29, 1.82) is 0 Å². The van der Waals surface area contributed by atoms with Gasteiger partial charge in [0.1, 0.15) is 9.75 Å². The molecule has 0 bridgehead atoms. The summed E-state index contributed by atoms with van der Waals surface area (Å²) in [6.07, 6.45) is 0.859. The maximum absolute atomic E-state index is 12.9. The molecule has 1 fully saturated rings. The Labute approximate surface area is 153 Å². The summed E-state index contributed by atoms with van der Waals surface area (Å²) in [5.74, 6) is -0.346. The van der Waals surface area contributed by atoms with Gasteiger partial charge in [0.05, 0.1) is 24.0 Å². The lowest BCUT2D eigenvalue weighted by molar-refractivity contribution is -0.120. The van der Waals surface area contributed by atoms with Crippen molar-refractivity contribution in [3.8, 4) is 0 Å². The number of aromatic nitrogens is 1. The third-order valence-corrected chi connectivity index (χ3v) is 8.79. The Morgan fingerprint density at radius 1 is 1.32 bits per heavy atom. The van der Waals surface area contributed by atoms with Gasteiger partial charge in [-0.1, -0.05) is 13.8 Å². The van der Waals surface area contributed by atoms with Crippen molar-refractivity contribution >= 4 is 27.0 Å². The second-order valence-corrected chi connectivity index (χ2v) is 11.4. The summed E-state index contributed by atoms with van der Waals surface area (Å²) in [6.45, 7) is 7.51. The van der Waals surface area contributed by atoms with E-state index in [4.69, 9.17) is 4.74 Å². The van der Waals surface area contributed by atoms with Crippen LogP contribution in [0.1, 0.15) is 51.2 Å². The first-order chi connectivity index (χ1) is 11.5. The van der Waals surface area contributed by atoms with Crippen molar-refractivity contribution < 1.29 is 23.1 Å². The summed E-state index contributed by atoms with van der Waals surface area (Å²) in [7, 11) is -3.60. The fourth-order valence-corrected chi connectivity index (χ4v) is 5.72. The zero-order valence-electron chi connectivity index (χ0n) is 15.2. The Morgan fingerprint density at radius 3 is 2.48 bits per heavy atom. The normalized spacial score (nSPS) is 17.6. The molecule has 0 radical (unpaired) electrons. The first-order valence-corrected chi connectivity index (χ1v) is 10.8. The highest BCUT2D eigenvalue weighted by Crippen LogP contribution is 2.30. The van der Waals surface area contributed by atoms with E-state index >= 15 is 0 Å². The van der Waals surface area contributed by atoms with Gasteiger partial charge in [-0.2, -0.15) is 0 Å². The molecule has 1 saturated heterocycles. The van der Waals surface area contributed by atoms with E-state index in [0.29, 0.717) is 36.8 Å². The fraction of sp³-hybridized carbons (Fsp3) is 0.765. The lowest BCUT2D eigenvalue weighted by atomic mass is 9.91. The van der Waals surface area contributed by atoms with Gasteiger partial charge >= 0.3 is 0 Å². The largest absolute Gasteiger partial charge is 0.395 e. The van der Waals surface area contributed by atoms with E-state index in [1.807, 2.05) is 19.2 Å². The van der Waals surface area contributed by atoms with Crippen molar-refractivity contribution in [2.45, 2.75) is 62.4 Å². The van der Waals surface area contributed by atoms with Crippen LogP contribution in [0.2, 0.25) is 0 Å². The lowest BCUT2D eigenvalue weighted by Gasteiger charge is -2.31. The summed E-state index contributed by atoms with van der Waals surface area (Å²) in [5, 5.41) is 11.3. The molecule has 0 aliphatic carbocycles. The molecule has 2 rings (SSSR count). The van der Waals surface area contributed by atoms with Gasteiger partial charge in [-0.15, -0.1) is 11.3 Å². The number of carbonyl (C=O) groups excluding carboxylic acids is 1. The molecular formula is C17H27NO5S2. The summed E-state index contributed by atoms with van der Waals surface area (Å²) in [5.41, 5.74) is 0.231. The second kappa shape index (κ2) is 7.42. The van der Waals surface area contributed by atoms with Crippen LogP contribution in [0.4, 0.5) is 0 Å².